The number of aromatic amines is 1. The van der Waals surface area contributed by atoms with Crippen LogP contribution in [0.4, 0.5) is 0 Å². The van der Waals surface area contributed by atoms with Crippen molar-refractivity contribution < 1.29 is 23.1 Å². The van der Waals surface area contributed by atoms with Gasteiger partial charge >= 0.3 is 5.97 Å². The molecule has 0 aliphatic heterocycles. The van der Waals surface area contributed by atoms with Crippen molar-refractivity contribution in [1.29, 1.82) is 0 Å². The highest BCUT2D eigenvalue weighted by molar-refractivity contribution is 7.89. The minimum absolute atomic E-state index is 0.0299. The minimum Gasteiger partial charge on any atom is -0.475 e. The smallest absolute Gasteiger partial charge is 0.377 e. The zero-order valence-electron chi connectivity index (χ0n) is 16.8. The maximum atomic E-state index is 13.1. The summed E-state index contributed by atoms with van der Waals surface area (Å²) in [5.74, 6) is -2.76. The molecule has 3 aromatic rings. The SMILES string of the molecule is O=C(O)C(=O)c1c(-c2ccc(Cl)c(S(=O)(=O)NC3CCCCC3)c2)[nH]c2ccc(Cl)cc12. The highest BCUT2D eigenvalue weighted by Gasteiger charge is 2.28. The van der Waals surface area contributed by atoms with Gasteiger partial charge < -0.3 is 10.1 Å². The fourth-order valence-electron chi connectivity index (χ4n) is 4.09. The summed E-state index contributed by atoms with van der Waals surface area (Å²) in [5.41, 5.74) is 0.894. The number of H-pyrrole nitrogens is 1. The minimum atomic E-state index is -3.93. The van der Waals surface area contributed by atoms with Crippen molar-refractivity contribution in [2.24, 2.45) is 0 Å². The van der Waals surface area contributed by atoms with Gasteiger partial charge in [-0.3, -0.25) is 4.79 Å². The lowest BCUT2D eigenvalue weighted by Crippen LogP contribution is -2.36. The topological polar surface area (TPSA) is 116 Å². The second-order valence-electron chi connectivity index (χ2n) is 7.80. The number of ketones is 1. The summed E-state index contributed by atoms with van der Waals surface area (Å²) in [6.07, 6.45) is 4.52. The fourth-order valence-corrected chi connectivity index (χ4v) is 6.09. The van der Waals surface area contributed by atoms with Crippen LogP contribution in [0.25, 0.3) is 22.2 Å². The molecule has 0 radical (unpaired) electrons. The van der Waals surface area contributed by atoms with Gasteiger partial charge in [0.25, 0.3) is 5.78 Å². The van der Waals surface area contributed by atoms with Crippen molar-refractivity contribution in [3.8, 4) is 11.3 Å². The summed E-state index contributed by atoms with van der Waals surface area (Å²) < 4.78 is 28.8. The number of carboxylic acids is 1. The van der Waals surface area contributed by atoms with Gasteiger partial charge in [0, 0.05) is 27.5 Å². The van der Waals surface area contributed by atoms with Gasteiger partial charge in [-0.05, 0) is 43.2 Å². The maximum absolute atomic E-state index is 13.1. The molecule has 1 heterocycles. The molecule has 10 heteroatoms. The molecule has 0 spiro atoms. The van der Waals surface area contributed by atoms with E-state index < -0.39 is 21.8 Å². The predicted molar refractivity (Wildman–Crippen MR) is 123 cm³/mol. The molecule has 3 N–H and O–H groups in total. The van der Waals surface area contributed by atoms with E-state index in [1.807, 2.05) is 0 Å². The second-order valence-corrected chi connectivity index (χ2v) is 10.3. The molecular weight excluding hydrogens is 475 g/mol. The zero-order chi connectivity index (χ0) is 23.0. The number of sulfonamides is 1. The lowest BCUT2D eigenvalue weighted by atomic mass is 9.96. The van der Waals surface area contributed by atoms with Crippen molar-refractivity contribution in [1.82, 2.24) is 9.71 Å². The molecule has 1 saturated carbocycles. The number of hydrogen-bond acceptors (Lipinski definition) is 4. The van der Waals surface area contributed by atoms with Crippen LogP contribution in [0.1, 0.15) is 42.5 Å². The monoisotopic (exact) mass is 494 g/mol. The Kier molecular flexibility index (Phi) is 6.31. The molecule has 2 aromatic carbocycles. The first-order valence-corrected chi connectivity index (χ1v) is 12.3. The number of Topliss-reactive ketones (excluding diaryl/α,β-unsaturated/α-hetero) is 1. The van der Waals surface area contributed by atoms with Gasteiger partial charge in [-0.1, -0.05) is 48.5 Å². The molecule has 1 aliphatic rings. The molecule has 0 unspecified atom stereocenters. The summed E-state index contributed by atoms with van der Waals surface area (Å²) in [7, 11) is -3.93. The van der Waals surface area contributed by atoms with Crippen molar-refractivity contribution in [3.63, 3.8) is 0 Å². The van der Waals surface area contributed by atoms with Crippen molar-refractivity contribution >= 4 is 55.9 Å². The van der Waals surface area contributed by atoms with E-state index in [-0.39, 0.29) is 27.2 Å². The van der Waals surface area contributed by atoms with E-state index in [1.165, 1.54) is 24.3 Å². The molecule has 7 nitrogen and oxygen atoms in total. The van der Waals surface area contributed by atoms with Crippen LogP contribution < -0.4 is 4.72 Å². The molecule has 4 rings (SSSR count). The van der Waals surface area contributed by atoms with Gasteiger partial charge in [-0.15, -0.1) is 0 Å². The molecule has 32 heavy (non-hydrogen) atoms. The number of hydrogen-bond donors (Lipinski definition) is 3. The molecule has 0 saturated heterocycles. The lowest BCUT2D eigenvalue weighted by Gasteiger charge is -2.23. The van der Waals surface area contributed by atoms with E-state index in [9.17, 15) is 23.1 Å². The Morgan fingerprint density at radius 2 is 1.75 bits per heavy atom. The lowest BCUT2D eigenvalue weighted by molar-refractivity contribution is -0.131. The first kappa shape index (κ1) is 22.8. The fraction of sp³-hybridized carbons (Fsp3) is 0.273. The first-order chi connectivity index (χ1) is 15.2. The third-order valence-electron chi connectivity index (χ3n) is 5.62. The number of aliphatic carboxylic acids is 1. The Hall–Kier alpha value is -2.39. The average molecular weight is 495 g/mol. The highest BCUT2D eigenvalue weighted by Crippen LogP contribution is 2.35. The standard InChI is InChI=1S/C22H20Cl2N2O5S/c23-13-7-9-17-15(11-13)19(21(27)22(28)29)20(25-17)12-6-8-16(24)18(10-12)32(30,31)26-14-4-2-1-3-5-14/h6-11,14,25-26H,1-5H2,(H,28,29). The molecule has 0 atom stereocenters. The van der Waals surface area contributed by atoms with Crippen LogP contribution >= 0.6 is 23.2 Å². The molecule has 1 aromatic heterocycles. The maximum Gasteiger partial charge on any atom is 0.377 e. The Bertz CT molecular complexity index is 1330. The first-order valence-electron chi connectivity index (χ1n) is 10.1. The Labute approximate surface area is 194 Å². The number of benzene rings is 2. The van der Waals surface area contributed by atoms with Crippen LogP contribution in [0.15, 0.2) is 41.3 Å². The summed E-state index contributed by atoms with van der Waals surface area (Å²) >= 11 is 12.3. The number of carbonyl (C=O) groups is 2. The number of fused-ring (bicyclic) bond motifs is 1. The normalized spacial score (nSPS) is 15.2. The largest absolute Gasteiger partial charge is 0.475 e. The van der Waals surface area contributed by atoms with Crippen LogP contribution in [-0.2, 0) is 14.8 Å². The van der Waals surface area contributed by atoms with E-state index in [0.29, 0.717) is 21.5 Å². The number of carboxylic acid groups (broad SMARTS) is 1. The second kappa shape index (κ2) is 8.86. The van der Waals surface area contributed by atoms with Gasteiger partial charge in [0.05, 0.1) is 16.3 Å². The Balaban J connectivity index is 1.84. The van der Waals surface area contributed by atoms with Gasteiger partial charge in [0.2, 0.25) is 10.0 Å². The van der Waals surface area contributed by atoms with Gasteiger partial charge in [-0.2, -0.15) is 0 Å². The van der Waals surface area contributed by atoms with E-state index in [2.05, 4.69) is 9.71 Å². The average Bonchev–Trinajstić information content (AvgIpc) is 3.12. The third-order valence-corrected chi connectivity index (χ3v) is 7.86. The summed E-state index contributed by atoms with van der Waals surface area (Å²) in [5, 5.41) is 10.0. The Morgan fingerprint density at radius 3 is 2.44 bits per heavy atom. The number of aromatic nitrogens is 1. The van der Waals surface area contributed by atoms with Crippen LogP contribution in [-0.4, -0.2) is 36.3 Å². The van der Waals surface area contributed by atoms with E-state index in [0.717, 1.165) is 32.1 Å². The van der Waals surface area contributed by atoms with Crippen molar-refractivity contribution in [2.45, 2.75) is 43.0 Å². The number of carbonyl (C=O) groups excluding carboxylic acids is 1. The molecule has 1 aliphatic carbocycles. The summed E-state index contributed by atoms with van der Waals surface area (Å²) in [6.45, 7) is 0. The van der Waals surface area contributed by atoms with Crippen molar-refractivity contribution in [3.05, 3.63) is 52.0 Å². The zero-order valence-corrected chi connectivity index (χ0v) is 19.1. The predicted octanol–water partition coefficient (Wildman–Crippen LogP) is 5.02. The quantitative estimate of drug-likeness (QED) is 0.328. The molecule has 0 bridgehead atoms. The van der Waals surface area contributed by atoms with Crippen LogP contribution in [0, 0.1) is 0 Å². The summed E-state index contributed by atoms with van der Waals surface area (Å²) in [6, 6.07) is 8.85. The number of halogens is 2. The number of nitrogens with one attached hydrogen (secondary N) is 2. The molecular formula is C22H20Cl2N2O5S. The molecule has 168 valence electrons. The summed E-state index contributed by atoms with van der Waals surface area (Å²) in [4.78, 5) is 26.9. The van der Waals surface area contributed by atoms with Crippen LogP contribution in [0.2, 0.25) is 10.0 Å². The molecule has 0 amide bonds. The van der Waals surface area contributed by atoms with Crippen LogP contribution in [0.5, 0.6) is 0 Å². The number of rotatable bonds is 6. The van der Waals surface area contributed by atoms with Gasteiger partial charge in [0.15, 0.2) is 0 Å². The van der Waals surface area contributed by atoms with E-state index in [4.69, 9.17) is 23.2 Å². The van der Waals surface area contributed by atoms with Gasteiger partial charge in [0.1, 0.15) is 4.90 Å². The van der Waals surface area contributed by atoms with Crippen molar-refractivity contribution in [2.75, 3.05) is 0 Å². The van der Waals surface area contributed by atoms with E-state index in [1.54, 1.807) is 12.1 Å². The third kappa shape index (κ3) is 4.41. The van der Waals surface area contributed by atoms with E-state index >= 15 is 0 Å². The van der Waals surface area contributed by atoms with Crippen LogP contribution in [0.3, 0.4) is 0 Å². The highest BCUT2D eigenvalue weighted by atomic mass is 35.5. The molecule has 1 fully saturated rings. The Morgan fingerprint density at radius 1 is 1.03 bits per heavy atom. The van der Waals surface area contributed by atoms with Gasteiger partial charge in [-0.25, -0.2) is 17.9 Å².